The van der Waals surface area contributed by atoms with Crippen LogP contribution >= 0.6 is 0 Å². The van der Waals surface area contributed by atoms with Crippen molar-refractivity contribution < 1.29 is 9.53 Å². The number of hydrogen-bond acceptors (Lipinski definition) is 2. The summed E-state index contributed by atoms with van der Waals surface area (Å²) >= 11 is 0. The average molecular weight is 343 g/mol. The van der Waals surface area contributed by atoms with Gasteiger partial charge in [-0.1, -0.05) is 45.2 Å². The Morgan fingerprint density at radius 2 is 1.56 bits per heavy atom. The van der Waals surface area contributed by atoms with Gasteiger partial charge in [0, 0.05) is 6.42 Å². The number of ether oxygens (including phenoxy) is 1. The van der Waals surface area contributed by atoms with E-state index in [0.717, 1.165) is 19.3 Å². The molecule has 0 N–H and O–H groups in total. The van der Waals surface area contributed by atoms with E-state index in [1.807, 2.05) is 12.1 Å². The highest BCUT2D eigenvalue weighted by Crippen LogP contribution is 2.59. The number of esters is 1. The molecule has 2 nitrogen and oxygen atoms in total. The van der Waals surface area contributed by atoms with Gasteiger partial charge in [0.25, 0.3) is 0 Å². The molecule has 25 heavy (non-hydrogen) atoms. The fraction of sp³-hybridized carbons (Fsp3) is 0.696. The summed E-state index contributed by atoms with van der Waals surface area (Å²) in [5, 5.41) is 0. The molecule has 0 saturated heterocycles. The summed E-state index contributed by atoms with van der Waals surface area (Å²) in [5.41, 5.74) is 2.51. The Balaban J connectivity index is 1.59. The van der Waals surface area contributed by atoms with E-state index in [1.54, 1.807) is 0 Å². The maximum Gasteiger partial charge on any atom is 0.311 e. The van der Waals surface area contributed by atoms with Crippen LogP contribution < -0.4 is 4.74 Å². The SMILES string of the molecule is CCCCCC(=O)Oc1ccc(C23CCC(CCC)(CC2)CC3)cc1. The highest BCUT2D eigenvalue weighted by molar-refractivity contribution is 5.72. The third kappa shape index (κ3) is 4.10. The molecule has 3 aliphatic rings. The first-order valence-corrected chi connectivity index (χ1v) is 10.4. The van der Waals surface area contributed by atoms with Gasteiger partial charge in [-0.15, -0.1) is 0 Å². The van der Waals surface area contributed by atoms with Crippen molar-refractivity contribution in [3.63, 3.8) is 0 Å². The molecule has 3 fully saturated rings. The van der Waals surface area contributed by atoms with Crippen LogP contribution in [0.15, 0.2) is 24.3 Å². The monoisotopic (exact) mass is 342 g/mol. The summed E-state index contributed by atoms with van der Waals surface area (Å²) in [4.78, 5) is 11.9. The second-order valence-corrected chi connectivity index (χ2v) is 8.49. The van der Waals surface area contributed by atoms with E-state index in [1.165, 1.54) is 56.9 Å². The molecule has 1 aromatic carbocycles. The van der Waals surface area contributed by atoms with E-state index in [9.17, 15) is 4.79 Å². The van der Waals surface area contributed by atoms with Crippen molar-refractivity contribution in [1.29, 1.82) is 0 Å². The molecule has 3 aliphatic carbocycles. The van der Waals surface area contributed by atoms with Crippen molar-refractivity contribution in [2.24, 2.45) is 5.41 Å². The first-order chi connectivity index (χ1) is 12.1. The molecule has 2 bridgehead atoms. The molecule has 0 radical (unpaired) electrons. The van der Waals surface area contributed by atoms with Gasteiger partial charge < -0.3 is 4.74 Å². The minimum Gasteiger partial charge on any atom is -0.427 e. The molecule has 3 saturated carbocycles. The fourth-order valence-electron chi connectivity index (χ4n) is 5.18. The van der Waals surface area contributed by atoms with Crippen LogP contribution in [0.25, 0.3) is 0 Å². The van der Waals surface area contributed by atoms with Gasteiger partial charge in [-0.05, 0) is 79.9 Å². The summed E-state index contributed by atoms with van der Waals surface area (Å²) < 4.78 is 5.49. The largest absolute Gasteiger partial charge is 0.427 e. The van der Waals surface area contributed by atoms with E-state index in [0.29, 0.717) is 23.0 Å². The van der Waals surface area contributed by atoms with Gasteiger partial charge in [-0.2, -0.15) is 0 Å². The van der Waals surface area contributed by atoms with Gasteiger partial charge in [0.1, 0.15) is 5.75 Å². The Morgan fingerprint density at radius 3 is 2.12 bits per heavy atom. The quantitative estimate of drug-likeness (QED) is 0.303. The lowest BCUT2D eigenvalue weighted by molar-refractivity contribution is -0.134. The Kier molecular flexibility index (Phi) is 5.86. The normalized spacial score (nSPS) is 28.1. The first kappa shape index (κ1) is 18.5. The third-order valence-electron chi connectivity index (χ3n) is 6.86. The van der Waals surface area contributed by atoms with E-state index < -0.39 is 0 Å². The third-order valence-corrected chi connectivity index (χ3v) is 6.86. The van der Waals surface area contributed by atoms with Crippen LogP contribution in [0.1, 0.15) is 96.5 Å². The lowest BCUT2D eigenvalue weighted by atomic mass is 9.51. The second kappa shape index (κ2) is 7.93. The molecular weight excluding hydrogens is 308 g/mol. The number of rotatable bonds is 8. The zero-order valence-corrected chi connectivity index (χ0v) is 16.1. The molecule has 0 aliphatic heterocycles. The summed E-state index contributed by atoms with van der Waals surface area (Å²) in [7, 11) is 0. The molecule has 4 rings (SSSR count). The second-order valence-electron chi connectivity index (χ2n) is 8.49. The topological polar surface area (TPSA) is 26.3 Å². The molecule has 0 atom stereocenters. The lowest BCUT2D eigenvalue weighted by Crippen LogP contribution is -2.44. The van der Waals surface area contributed by atoms with Crippen molar-refractivity contribution in [2.45, 2.75) is 96.3 Å². The fourth-order valence-corrected chi connectivity index (χ4v) is 5.18. The minimum absolute atomic E-state index is 0.0981. The molecular formula is C23H34O2. The Labute approximate surface area is 153 Å². The Hall–Kier alpha value is -1.31. The van der Waals surface area contributed by atoms with Crippen LogP contribution in [0.3, 0.4) is 0 Å². The Bertz CT molecular complexity index is 548. The van der Waals surface area contributed by atoms with Crippen molar-refractivity contribution in [3.05, 3.63) is 29.8 Å². The van der Waals surface area contributed by atoms with Crippen LogP contribution in [0, 0.1) is 5.41 Å². The predicted octanol–water partition coefficient (Wildman–Crippen LogP) is 6.56. The zero-order valence-electron chi connectivity index (χ0n) is 16.1. The number of hydrogen-bond donors (Lipinski definition) is 0. The number of fused-ring (bicyclic) bond motifs is 3. The van der Waals surface area contributed by atoms with E-state index in [4.69, 9.17) is 4.74 Å². The zero-order chi connectivity index (χ0) is 17.8. The van der Waals surface area contributed by atoms with Crippen LogP contribution in [0.2, 0.25) is 0 Å². The van der Waals surface area contributed by atoms with E-state index >= 15 is 0 Å². The van der Waals surface area contributed by atoms with Gasteiger partial charge in [0.2, 0.25) is 0 Å². The van der Waals surface area contributed by atoms with Gasteiger partial charge in [0.05, 0.1) is 0 Å². The first-order valence-electron chi connectivity index (χ1n) is 10.4. The maximum atomic E-state index is 11.9. The maximum absolute atomic E-state index is 11.9. The summed E-state index contributed by atoms with van der Waals surface area (Å²) in [6.07, 6.45) is 14.6. The van der Waals surface area contributed by atoms with Gasteiger partial charge in [0.15, 0.2) is 0 Å². The summed E-state index contributed by atoms with van der Waals surface area (Å²) in [6, 6.07) is 8.44. The van der Waals surface area contributed by atoms with Crippen molar-refractivity contribution in [2.75, 3.05) is 0 Å². The average Bonchev–Trinajstić information content (AvgIpc) is 2.64. The predicted molar refractivity (Wildman–Crippen MR) is 103 cm³/mol. The Morgan fingerprint density at radius 1 is 0.920 bits per heavy atom. The molecule has 0 heterocycles. The standard InChI is InChI=1S/C23H34O2/c1-3-5-6-7-21(24)25-20-10-8-19(9-11-20)23-16-13-22(12-4-2,14-17-23)15-18-23/h8-11H,3-7,12-18H2,1-2H3. The van der Waals surface area contributed by atoms with E-state index in [-0.39, 0.29) is 5.97 Å². The van der Waals surface area contributed by atoms with E-state index in [2.05, 4.69) is 26.0 Å². The summed E-state index contributed by atoms with van der Waals surface area (Å²) in [5.74, 6) is 0.604. The molecule has 138 valence electrons. The van der Waals surface area contributed by atoms with Gasteiger partial charge >= 0.3 is 5.97 Å². The van der Waals surface area contributed by atoms with Crippen LogP contribution in [-0.2, 0) is 10.2 Å². The van der Waals surface area contributed by atoms with Crippen LogP contribution in [-0.4, -0.2) is 5.97 Å². The van der Waals surface area contributed by atoms with Crippen molar-refractivity contribution >= 4 is 5.97 Å². The molecule has 0 unspecified atom stereocenters. The van der Waals surface area contributed by atoms with Crippen molar-refractivity contribution in [1.82, 2.24) is 0 Å². The molecule has 0 aromatic heterocycles. The molecule has 2 heteroatoms. The smallest absolute Gasteiger partial charge is 0.311 e. The summed E-state index contributed by atoms with van der Waals surface area (Å²) in [6.45, 7) is 4.47. The highest BCUT2D eigenvalue weighted by atomic mass is 16.5. The number of carbonyl (C=O) groups excluding carboxylic acids is 1. The highest BCUT2D eigenvalue weighted by Gasteiger charge is 2.48. The lowest BCUT2D eigenvalue weighted by Gasteiger charge is -2.54. The van der Waals surface area contributed by atoms with Gasteiger partial charge in [-0.3, -0.25) is 4.79 Å². The van der Waals surface area contributed by atoms with Crippen LogP contribution in [0.4, 0.5) is 0 Å². The van der Waals surface area contributed by atoms with Gasteiger partial charge in [-0.25, -0.2) is 0 Å². The van der Waals surface area contributed by atoms with Crippen molar-refractivity contribution in [3.8, 4) is 5.75 Å². The molecule has 0 spiro atoms. The number of benzene rings is 1. The number of carbonyl (C=O) groups is 1. The molecule has 0 amide bonds. The minimum atomic E-state index is -0.0981. The number of unbranched alkanes of at least 4 members (excludes halogenated alkanes) is 2. The molecule has 1 aromatic rings. The van der Waals surface area contributed by atoms with Crippen LogP contribution in [0.5, 0.6) is 5.75 Å².